The zero-order chi connectivity index (χ0) is 15.4. The van der Waals surface area contributed by atoms with E-state index in [2.05, 4.69) is 35.0 Å². The molecule has 0 spiro atoms. The molecule has 4 heteroatoms. The summed E-state index contributed by atoms with van der Waals surface area (Å²) in [4.78, 5) is 0. The molecule has 2 N–H and O–H groups in total. The number of ether oxygens (including phenoxy) is 2. The third kappa shape index (κ3) is 3.77. The molecule has 0 heterocycles. The van der Waals surface area contributed by atoms with Gasteiger partial charge in [0.15, 0.2) is 11.5 Å². The molecule has 0 aromatic heterocycles. The quantitative estimate of drug-likeness (QED) is 0.886. The monoisotopic (exact) mass is 349 g/mol. The van der Waals surface area contributed by atoms with Crippen LogP contribution in [-0.2, 0) is 6.42 Å². The van der Waals surface area contributed by atoms with E-state index in [0.29, 0.717) is 0 Å². The van der Waals surface area contributed by atoms with Gasteiger partial charge >= 0.3 is 0 Å². The molecule has 2 aromatic rings. The van der Waals surface area contributed by atoms with Crippen molar-refractivity contribution in [2.24, 2.45) is 5.73 Å². The Balaban J connectivity index is 2.23. The van der Waals surface area contributed by atoms with Crippen LogP contribution < -0.4 is 15.2 Å². The van der Waals surface area contributed by atoms with Crippen LogP contribution in [0.1, 0.15) is 22.7 Å². The summed E-state index contributed by atoms with van der Waals surface area (Å²) in [5.74, 6) is 1.46. The van der Waals surface area contributed by atoms with Crippen LogP contribution in [0, 0.1) is 6.92 Å². The van der Waals surface area contributed by atoms with Gasteiger partial charge in [-0.25, -0.2) is 0 Å². The number of aryl methyl sites for hydroxylation is 1. The van der Waals surface area contributed by atoms with E-state index in [1.54, 1.807) is 14.2 Å². The molecule has 1 atom stereocenters. The summed E-state index contributed by atoms with van der Waals surface area (Å²) in [7, 11) is 3.27. The molecule has 112 valence electrons. The highest BCUT2D eigenvalue weighted by Gasteiger charge is 2.13. The summed E-state index contributed by atoms with van der Waals surface area (Å²) < 4.78 is 11.6. The van der Waals surface area contributed by atoms with E-state index in [1.165, 1.54) is 5.56 Å². The van der Waals surface area contributed by atoms with Gasteiger partial charge in [-0.1, -0.05) is 39.7 Å². The molecular weight excluding hydrogens is 330 g/mol. The first-order valence-corrected chi connectivity index (χ1v) is 7.57. The Bertz CT molecular complexity index is 628. The third-order valence-electron chi connectivity index (χ3n) is 3.45. The second-order valence-corrected chi connectivity index (χ2v) is 5.88. The second-order valence-electron chi connectivity index (χ2n) is 5.02. The molecule has 0 aliphatic heterocycles. The lowest BCUT2D eigenvalue weighted by molar-refractivity contribution is 0.354. The Morgan fingerprint density at radius 2 is 1.76 bits per heavy atom. The Hall–Kier alpha value is -1.52. The van der Waals surface area contributed by atoms with Crippen molar-refractivity contribution in [2.75, 3.05) is 14.2 Å². The maximum Gasteiger partial charge on any atom is 0.160 e. The molecule has 0 fully saturated rings. The van der Waals surface area contributed by atoms with E-state index in [1.807, 2.05) is 24.3 Å². The predicted molar refractivity (Wildman–Crippen MR) is 89.1 cm³/mol. The minimum Gasteiger partial charge on any atom is -0.493 e. The van der Waals surface area contributed by atoms with Crippen LogP contribution >= 0.6 is 15.9 Å². The molecule has 0 aliphatic rings. The summed E-state index contributed by atoms with van der Waals surface area (Å²) in [5, 5.41) is 0. The zero-order valence-electron chi connectivity index (χ0n) is 12.5. The van der Waals surface area contributed by atoms with Crippen molar-refractivity contribution in [3.8, 4) is 11.5 Å². The van der Waals surface area contributed by atoms with Crippen LogP contribution in [0.5, 0.6) is 11.5 Å². The molecule has 3 nitrogen and oxygen atoms in total. The number of hydrogen-bond donors (Lipinski definition) is 1. The molecule has 0 aliphatic carbocycles. The van der Waals surface area contributed by atoms with E-state index < -0.39 is 0 Å². The molecule has 21 heavy (non-hydrogen) atoms. The van der Waals surface area contributed by atoms with E-state index >= 15 is 0 Å². The molecular formula is C17H20BrNO2. The van der Waals surface area contributed by atoms with Crippen LogP contribution in [-0.4, -0.2) is 14.2 Å². The minimum absolute atomic E-state index is 0.0719. The van der Waals surface area contributed by atoms with Crippen molar-refractivity contribution in [1.82, 2.24) is 0 Å². The summed E-state index contributed by atoms with van der Waals surface area (Å²) in [6.07, 6.45) is 0.738. The van der Waals surface area contributed by atoms with Gasteiger partial charge in [-0.05, 0) is 42.7 Å². The van der Waals surface area contributed by atoms with E-state index in [4.69, 9.17) is 15.2 Å². The Morgan fingerprint density at radius 1 is 1.05 bits per heavy atom. The first kappa shape index (κ1) is 15.9. The van der Waals surface area contributed by atoms with E-state index in [0.717, 1.165) is 33.5 Å². The lowest BCUT2D eigenvalue weighted by Gasteiger charge is -2.16. The summed E-state index contributed by atoms with van der Waals surface area (Å²) in [5.41, 5.74) is 9.80. The number of methoxy groups -OCH3 is 2. The van der Waals surface area contributed by atoms with Gasteiger partial charge < -0.3 is 15.2 Å². The molecule has 2 aromatic carbocycles. The first-order valence-electron chi connectivity index (χ1n) is 6.77. The molecule has 0 radical (unpaired) electrons. The van der Waals surface area contributed by atoms with Gasteiger partial charge in [0.1, 0.15) is 0 Å². The van der Waals surface area contributed by atoms with Crippen molar-refractivity contribution >= 4 is 15.9 Å². The van der Waals surface area contributed by atoms with Crippen molar-refractivity contribution < 1.29 is 9.47 Å². The molecule has 0 saturated carbocycles. The number of rotatable bonds is 5. The van der Waals surface area contributed by atoms with Gasteiger partial charge in [0.05, 0.1) is 14.2 Å². The normalized spacial score (nSPS) is 12.0. The highest BCUT2D eigenvalue weighted by Crippen LogP contribution is 2.30. The maximum absolute atomic E-state index is 6.36. The standard InChI is InChI=1S/C17H20BrNO2/c1-11-4-6-14(18)13(8-11)15(19)9-12-5-7-16(20-2)17(10-12)21-3/h4-8,10,15H,9,19H2,1-3H3. The highest BCUT2D eigenvalue weighted by atomic mass is 79.9. The predicted octanol–water partition coefficient (Wildman–Crippen LogP) is 4.02. The van der Waals surface area contributed by atoms with Crippen LogP contribution in [0.3, 0.4) is 0 Å². The largest absolute Gasteiger partial charge is 0.493 e. The first-order chi connectivity index (χ1) is 10.0. The second kappa shape index (κ2) is 6.96. The lowest BCUT2D eigenvalue weighted by atomic mass is 9.98. The van der Waals surface area contributed by atoms with Gasteiger partial charge in [0, 0.05) is 10.5 Å². The molecule has 0 amide bonds. The Kier molecular flexibility index (Phi) is 5.26. The fourth-order valence-electron chi connectivity index (χ4n) is 2.32. The SMILES string of the molecule is COc1ccc(CC(N)c2cc(C)ccc2Br)cc1OC. The number of nitrogens with two attached hydrogens (primary N) is 1. The summed E-state index contributed by atoms with van der Waals surface area (Å²) >= 11 is 3.57. The number of benzene rings is 2. The topological polar surface area (TPSA) is 44.5 Å². The average Bonchev–Trinajstić information content (AvgIpc) is 2.49. The van der Waals surface area contributed by atoms with Gasteiger partial charge in [0.25, 0.3) is 0 Å². The van der Waals surface area contributed by atoms with Crippen molar-refractivity contribution in [2.45, 2.75) is 19.4 Å². The fraction of sp³-hybridized carbons (Fsp3) is 0.294. The Labute approximate surface area is 134 Å². The zero-order valence-corrected chi connectivity index (χ0v) is 14.1. The Morgan fingerprint density at radius 3 is 2.43 bits per heavy atom. The van der Waals surface area contributed by atoms with E-state index in [9.17, 15) is 0 Å². The summed E-state index contributed by atoms with van der Waals surface area (Å²) in [6.45, 7) is 2.07. The van der Waals surface area contributed by atoms with Gasteiger partial charge in [0.2, 0.25) is 0 Å². The molecule has 2 rings (SSSR count). The highest BCUT2D eigenvalue weighted by molar-refractivity contribution is 9.10. The van der Waals surface area contributed by atoms with Crippen molar-refractivity contribution in [1.29, 1.82) is 0 Å². The van der Waals surface area contributed by atoms with Crippen LogP contribution in [0.4, 0.5) is 0 Å². The van der Waals surface area contributed by atoms with Crippen molar-refractivity contribution in [3.63, 3.8) is 0 Å². The lowest BCUT2D eigenvalue weighted by Crippen LogP contribution is -2.14. The molecule has 0 bridgehead atoms. The fourth-order valence-corrected chi connectivity index (χ4v) is 2.86. The summed E-state index contributed by atoms with van der Waals surface area (Å²) in [6, 6.07) is 12.1. The maximum atomic E-state index is 6.36. The van der Waals surface area contributed by atoms with Crippen LogP contribution in [0.15, 0.2) is 40.9 Å². The number of hydrogen-bond acceptors (Lipinski definition) is 3. The van der Waals surface area contributed by atoms with Crippen LogP contribution in [0.25, 0.3) is 0 Å². The average molecular weight is 350 g/mol. The van der Waals surface area contributed by atoms with Crippen LogP contribution in [0.2, 0.25) is 0 Å². The molecule has 0 saturated heterocycles. The van der Waals surface area contributed by atoms with Gasteiger partial charge in [-0.15, -0.1) is 0 Å². The number of halogens is 1. The van der Waals surface area contributed by atoms with Crippen molar-refractivity contribution in [3.05, 3.63) is 57.6 Å². The molecule has 1 unspecified atom stereocenters. The van der Waals surface area contributed by atoms with Gasteiger partial charge in [-0.2, -0.15) is 0 Å². The van der Waals surface area contributed by atoms with Gasteiger partial charge in [-0.3, -0.25) is 0 Å². The minimum atomic E-state index is -0.0719. The van der Waals surface area contributed by atoms with E-state index in [-0.39, 0.29) is 6.04 Å². The third-order valence-corrected chi connectivity index (χ3v) is 4.18. The smallest absolute Gasteiger partial charge is 0.160 e.